The summed E-state index contributed by atoms with van der Waals surface area (Å²) in [6.07, 6.45) is 2.19. The van der Waals surface area contributed by atoms with Crippen LogP contribution in [0, 0.1) is 0 Å². The van der Waals surface area contributed by atoms with Gasteiger partial charge in [0.05, 0.1) is 12.8 Å². The van der Waals surface area contributed by atoms with Gasteiger partial charge in [0.15, 0.2) is 0 Å². The first-order valence-electron chi connectivity index (χ1n) is 5.78. The number of hydrogen-bond donors (Lipinski definition) is 1. The minimum Gasteiger partial charge on any atom is -0.481 e. The van der Waals surface area contributed by atoms with Gasteiger partial charge in [0.1, 0.15) is 0 Å². The maximum atomic E-state index is 5.37. The lowest BCUT2D eigenvalue weighted by molar-refractivity contribution is 0.385. The zero-order valence-electron chi connectivity index (χ0n) is 9.49. The third-order valence-corrected chi connectivity index (χ3v) is 3.22. The van der Waals surface area contributed by atoms with Gasteiger partial charge in [-0.05, 0) is 19.4 Å². The molecular formula is C11H16N4O. The van der Waals surface area contributed by atoms with Gasteiger partial charge in [0.2, 0.25) is 11.8 Å². The third-order valence-electron chi connectivity index (χ3n) is 3.22. The van der Waals surface area contributed by atoms with Gasteiger partial charge in [-0.2, -0.15) is 4.98 Å². The molecule has 1 N–H and O–H groups in total. The van der Waals surface area contributed by atoms with Crippen molar-refractivity contribution in [2.24, 2.45) is 0 Å². The molecule has 1 saturated heterocycles. The number of nitrogens with one attached hydrogen (secondary N) is 1. The average Bonchev–Trinajstić information content (AvgIpc) is 2.25. The molecule has 5 nitrogen and oxygen atoms in total. The van der Waals surface area contributed by atoms with Crippen LogP contribution in [0.5, 0.6) is 5.88 Å². The normalized spacial score (nSPS) is 18.9. The molecule has 2 aliphatic rings. The molecule has 0 saturated carbocycles. The van der Waals surface area contributed by atoms with Crippen molar-refractivity contribution in [2.75, 3.05) is 31.6 Å². The molecule has 0 aromatic carbocycles. The molecule has 5 heteroatoms. The quantitative estimate of drug-likeness (QED) is 0.779. The Labute approximate surface area is 94.8 Å². The van der Waals surface area contributed by atoms with Crippen molar-refractivity contribution in [3.8, 4) is 5.88 Å². The zero-order chi connectivity index (χ0) is 11.0. The molecule has 3 heterocycles. The van der Waals surface area contributed by atoms with E-state index in [-0.39, 0.29) is 0 Å². The molecule has 16 heavy (non-hydrogen) atoms. The largest absolute Gasteiger partial charge is 0.481 e. The van der Waals surface area contributed by atoms with Gasteiger partial charge in [-0.15, -0.1) is 0 Å². The SMILES string of the molecule is COc1nc(N2CCC2)nc2c1CCNC2. The highest BCUT2D eigenvalue weighted by atomic mass is 16.5. The molecule has 3 rings (SSSR count). The molecule has 2 aliphatic heterocycles. The molecule has 0 bridgehead atoms. The Hall–Kier alpha value is -1.36. The fraction of sp³-hybridized carbons (Fsp3) is 0.636. The van der Waals surface area contributed by atoms with Crippen molar-refractivity contribution in [1.82, 2.24) is 15.3 Å². The summed E-state index contributed by atoms with van der Waals surface area (Å²) >= 11 is 0. The Morgan fingerprint density at radius 3 is 2.88 bits per heavy atom. The van der Waals surface area contributed by atoms with Crippen molar-refractivity contribution in [3.05, 3.63) is 11.3 Å². The predicted octanol–water partition coefficient (Wildman–Crippen LogP) is 0.341. The number of methoxy groups -OCH3 is 1. The summed E-state index contributed by atoms with van der Waals surface area (Å²) in [6, 6.07) is 0. The Bertz CT molecular complexity index is 386. The number of nitrogens with zero attached hydrogens (tertiary/aromatic N) is 3. The van der Waals surface area contributed by atoms with E-state index in [4.69, 9.17) is 4.74 Å². The van der Waals surface area contributed by atoms with E-state index in [0.29, 0.717) is 0 Å². The molecule has 1 fully saturated rings. The molecule has 0 unspecified atom stereocenters. The first-order valence-corrected chi connectivity index (χ1v) is 5.78. The second-order valence-electron chi connectivity index (χ2n) is 4.23. The van der Waals surface area contributed by atoms with Crippen molar-refractivity contribution < 1.29 is 4.74 Å². The zero-order valence-corrected chi connectivity index (χ0v) is 9.49. The van der Waals surface area contributed by atoms with E-state index < -0.39 is 0 Å². The molecule has 0 aliphatic carbocycles. The van der Waals surface area contributed by atoms with Crippen LogP contribution in [0.3, 0.4) is 0 Å². The Kier molecular flexibility index (Phi) is 2.40. The van der Waals surface area contributed by atoms with Crippen molar-refractivity contribution in [2.45, 2.75) is 19.4 Å². The third kappa shape index (κ3) is 1.51. The minimum atomic E-state index is 0.758. The summed E-state index contributed by atoms with van der Waals surface area (Å²) in [6.45, 7) is 3.94. The van der Waals surface area contributed by atoms with Crippen LogP contribution in [0.15, 0.2) is 0 Å². The molecule has 1 aromatic heterocycles. The number of fused-ring (bicyclic) bond motifs is 1. The smallest absolute Gasteiger partial charge is 0.228 e. The van der Waals surface area contributed by atoms with Crippen LogP contribution < -0.4 is 15.0 Å². The van der Waals surface area contributed by atoms with E-state index in [0.717, 1.165) is 50.1 Å². The first-order chi connectivity index (χ1) is 7.88. The number of anilines is 1. The molecular weight excluding hydrogens is 204 g/mol. The molecule has 0 spiro atoms. The number of hydrogen-bond acceptors (Lipinski definition) is 5. The standard InChI is InChI=1S/C11H16N4O/c1-16-10-8-3-4-12-7-9(8)13-11(14-10)15-5-2-6-15/h12H,2-7H2,1H3. The second kappa shape index (κ2) is 3.90. The molecule has 1 aromatic rings. The predicted molar refractivity (Wildman–Crippen MR) is 60.8 cm³/mol. The average molecular weight is 220 g/mol. The van der Waals surface area contributed by atoms with Gasteiger partial charge in [-0.1, -0.05) is 0 Å². The Morgan fingerprint density at radius 2 is 2.19 bits per heavy atom. The second-order valence-corrected chi connectivity index (χ2v) is 4.23. The van der Waals surface area contributed by atoms with Gasteiger partial charge >= 0.3 is 0 Å². The molecule has 0 amide bonds. The lowest BCUT2D eigenvalue weighted by Crippen LogP contribution is -2.39. The number of rotatable bonds is 2. The van der Waals surface area contributed by atoms with E-state index in [1.54, 1.807) is 7.11 Å². The van der Waals surface area contributed by atoms with Crippen LogP contribution >= 0.6 is 0 Å². The molecule has 0 atom stereocenters. The monoisotopic (exact) mass is 220 g/mol. The minimum absolute atomic E-state index is 0.758. The molecule has 86 valence electrons. The number of aromatic nitrogens is 2. The lowest BCUT2D eigenvalue weighted by atomic mass is 10.1. The fourth-order valence-corrected chi connectivity index (χ4v) is 2.14. The van der Waals surface area contributed by atoms with Gasteiger partial charge in [0, 0.05) is 25.2 Å². The van der Waals surface area contributed by atoms with Gasteiger partial charge in [-0.3, -0.25) is 0 Å². The van der Waals surface area contributed by atoms with Crippen LogP contribution in [-0.4, -0.2) is 36.7 Å². The summed E-state index contributed by atoms with van der Waals surface area (Å²) in [5.74, 6) is 1.58. The topological polar surface area (TPSA) is 50.3 Å². The van der Waals surface area contributed by atoms with E-state index in [1.807, 2.05) is 0 Å². The highest BCUT2D eigenvalue weighted by Crippen LogP contribution is 2.26. The van der Waals surface area contributed by atoms with Crippen LogP contribution in [0.25, 0.3) is 0 Å². The maximum Gasteiger partial charge on any atom is 0.228 e. The summed E-state index contributed by atoms with van der Waals surface area (Å²) in [7, 11) is 1.69. The van der Waals surface area contributed by atoms with E-state index in [9.17, 15) is 0 Å². The van der Waals surface area contributed by atoms with Crippen LogP contribution in [-0.2, 0) is 13.0 Å². The summed E-state index contributed by atoms with van der Waals surface area (Å²) < 4.78 is 5.37. The van der Waals surface area contributed by atoms with Gasteiger partial charge in [-0.25, -0.2) is 4.98 Å². The van der Waals surface area contributed by atoms with Gasteiger partial charge in [0.25, 0.3) is 0 Å². The van der Waals surface area contributed by atoms with Crippen LogP contribution in [0.1, 0.15) is 17.7 Å². The Balaban J connectivity index is 2.01. The van der Waals surface area contributed by atoms with E-state index in [1.165, 1.54) is 12.0 Å². The van der Waals surface area contributed by atoms with E-state index in [2.05, 4.69) is 20.2 Å². The highest BCUT2D eigenvalue weighted by molar-refractivity contribution is 5.42. The first kappa shape index (κ1) is 9.84. The highest BCUT2D eigenvalue weighted by Gasteiger charge is 2.23. The van der Waals surface area contributed by atoms with Gasteiger partial charge < -0.3 is 15.0 Å². The van der Waals surface area contributed by atoms with Crippen molar-refractivity contribution in [3.63, 3.8) is 0 Å². The summed E-state index contributed by atoms with van der Waals surface area (Å²) in [4.78, 5) is 11.3. The maximum absolute atomic E-state index is 5.37. The van der Waals surface area contributed by atoms with Crippen LogP contribution in [0.4, 0.5) is 5.95 Å². The summed E-state index contributed by atoms with van der Waals surface area (Å²) in [5, 5.41) is 3.33. The summed E-state index contributed by atoms with van der Waals surface area (Å²) in [5.41, 5.74) is 2.27. The van der Waals surface area contributed by atoms with Crippen molar-refractivity contribution >= 4 is 5.95 Å². The fourth-order valence-electron chi connectivity index (χ4n) is 2.14. The van der Waals surface area contributed by atoms with E-state index >= 15 is 0 Å². The lowest BCUT2D eigenvalue weighted by Gasteiger charge is -2.32. The Morgan fingerprint density at radius 1 is 1.31 bits per heavy atom. The van der Waals surface area contributed by atoms with Crippen LogP contribution in [0.2, 0.25) is 0 Å². The number of ether oxygens (including phenoxy) is 1. The molecule has 0 radical (unpaired) electrons. The van der Waals surface area contributed by atoms with Crippen molar-refractivity contribution in [1.29, 1.82) is 0 Å².